The van der Waals surface area contributed by atoms with Crippen molar-refractivity contribution in [3.8, 4) is 11.5 Å². The van der Waals surface area contributed by atoms with Gasteiger partial charge in [0.2, 0.25) is 0 Å². The Morgan fingerprint density at radius 2 is 1.76 bits per heavy atom. The van der Waals surface area contributed by atoms with Gasteiger partial charge in [-0.3, -0.25) is 4.79 Å². The van der Waals surface area contributed by atoms with Crippen LogP contribution < -0.4 is 15.4 Å². The number of hydrogen-bond acceptors (Lipinski definition) is 7. The van der Waals surface area contributed by atoms with Gasteiger partial charge in [-0.15, -0.1) is 0 Å². The van der Waals surface area contributed by atoms with E-state index in [0.717, 1.165) is 6.42 Å². The molecule has 0 heterocycles. The van der Waals surface area contributed by atoms with Crippen molar-refractivity contribution in [1.82, 2.24) is 0 Å². The maximum Gasteiger partial charge on any atom is 0.307 e. The first kappa shape index (κ1) is 23.2. The number of hydrogen-bond donors (Lipinski definition) is 3. The van der Waals surface area contributed by atoms with Gasteiger partial charge in [-0.05, 0) is 18.6 Å². The molecule has 0 saturated heterocycles. The summed E-state index contributed by atoms with van der Waals surface area (Å²) in [5, 5.41) is 14.8. The van der Waals surface area contributed by atoms with E-state index in [2.05, 4.69) is 5.90 Å². The molecular formula is C16H27NO7S. The highest BCUT2D eigenvalue weighted by molar-refractivity contribution is 7.92. The fraction of sp³-hybridized carbons (Fsp3) is 0.562. The van der Waals surface area contributed by atoms with Crippen LogP contribution in [0.1, 0.15) is 33.1 Å². The number of carbonyl (C=O) groups is 1. The van der Waals surface area contributed by atoms with Crippen LogP contribution in [0.4, 0.5) is 0 Å². The van der Waals surface area contributed by atoms with Gasteiger partial charge < -0.3 is 19.8 Å². The summed E-state index contributed by atoms with van der Waals surface area (Å²) in [6.45, 7) is 3.37. The molecule has 0 unspecified atom stereocenters. The summed E-state index contributed by atoms with van der Waals surface area (Å²) in [5.74, 6) is 2.11. The highest BCUT2D eigenvalue weighted by Gasteiger charge is 2.36. The van der Waals surface area contributed by atoms with Gasteiger partial charge in [0.1, 0.15) is 0 Å². The molecule has 0 aliphatic rings. The molecule has 0 spiro atoms. The van der Waals surface area contributed by atoms with E-state index in [9.17, 15) is 18.3 Å². The van der Waals surface area contributed by atoms with Crippen molar-refractivity contribution in [3.63, 3.8) is 0 Å². The molecule has 0 aliphatic carbocycles. The van der Waals surface area contributed by atoms with Gasteiger partial charge in [-0.2, -0.15) is 0 Å². The molecule has 4 N–H and O–H groups in total. The number of nitrogens with two attached hydrogens (primary N) is 1. The number of sulfone groups is 1. The van der Waals surface area contributed by atoms with Crippen LogP contribution in [0, 0.1) is 5.92 Å². The minimum atomic E-state index is -3.79. The lowest BCUT2D eigenvalue weighted by Crippen LogP contribution is -2.33. The molecule has 1 aromatic rings. The lowest BCUT2D eigenvalue weighted by atomic mass is 10.0. The van der Waals surface area contributed by atoms with Crippen LogP contribution in [-0.4, -0.2) is 44.2 Å². The van der Waals surface area contributed by atoms with Crippen LogP contribution in [0.15, 0.2) is 23.1 Å². The standard InChI is InChI=1S/C16H24O6S.H3NO/c1-5-6-7-15(11(2)16(17)18)23(19,20)12-8-9-13(21-3)14(10-12)22-4;1-2/h8-11,15H,5-7H2,1-4H3,(H,17,18);2H,1H2/t11-,15+;/m1./s1. The predicted octanol–water partition coefficient (Wildman–Crippen LogP) is 2.09. The average molecular weight is 377 g/mol. The first-order valence-corrected chi connectivity index (χ1v) is 9.28. The maximum atomic E-state index is 12.9. The predicted molar refractivity (Wildman–Crippen MR) is 92.8 cm³/mol. The molecule has 25 heavy (non-hydrogen) atoms. The number of carboxylic acids is 1. The van der Waals surface area contributed by atoms with Crippen LogP contribution in [-0.2, 0) is 14.6 Å². The molecule has 0 fully saturated rings. The average Bonchev–Trinajstić information content (AvgIpc) is 2.62. The molecule has 8 nitrogen and oxygen atoms in total. The van der Waals surface area contributed by atoms with Gasteiger partial charge in [0.25, 0.3) is 0 Å². The Labute approximate surface area is 148 Å². The second kappa shape index (κ2) is 10.9. The van der Waals surface area contributed by atoms with E-state index in [1.807, 2.05) is 6.92 Å². The van der Waals surface area contributed by atoms with E-state index in [1.165, 1.54) is 39.3 Å². The normalized spacial score (nSPS) is 13.2. The van der Waals surface area contributed by atoms with Gasteiger partial charge in [-0.25, -0.2) is 14.3 Å². The SMILES string of the molecule is CCCC[C@@H]([C@@H](C)C(=O)O)S(=O)(=O)c1ccc(OC)c(OC)c1.NO. The molecule has 144 valence electrons. The fourth-order valence-electron chi connectivity index (χ4n) is 2.41. The second-order valence-electron chi connectivity index (χ2n) is 5.37. The third kappa shape index (κ3) is 5.87. The van der Waals surface area contributed by atoms with E-state index >= 15 is 0 Å². The third-order valence-corrected chi connectivity index (χ3v) is 6.22. The smallest absolute Gasteiger partial charge is 0.307 e. The molecule has 2 atom stereocenters. The van der Waals surface area contributed by atoms with Crippen molar-refractivity contribution in [1.29, 1.82) is 0 Å². The van der Waals surface area contributed by atoms with E-state index in [4.69, 9.17) is 14.7 Å². The molecule has 0 aromatic heterocycles. The first-order chi connectivity index (χ1) is 11.8. The summed E-state index contributed by atoms with van der Waals surface area (Å²) in [6.07, 6.45) is 1.75. The summed E-state index contributed by atoms with van der Waals surface area (Å²) in [5.41, 5.74) is 0. The summed E-state index contributed by atoms with van der Waals surface area (Å²) in [6, 6.07) is 4.31. The Hall–Kier alpha value is -1.84. The van der Waals surface area contributed by atoms with Gasteiger partial charge in [0, 0.05) is 6.07 Å². The van der Waals surface area contributed by atoms with Gasteiger partial charge in [0.15, 0.2) is 21.3 Å². The van der Waals surface area contributed by atoms with Crippen LogP contribution in [0.25, 0.3) is 0 Å². The number of unbranched alkanes of at least 4 members (excludes halogenated alkanes) is 1. The number of rotatable bonds is 9. The van der Waals surface area contributed by atoms with Gasteiger partial charge in [-0.1, -0.05) is 26.7 Å². The topological polar surface area (TPSA) is 136 Å². The summed E-state index contributed by atoms with van der Waals surface area (Å²) < 4.78 is 36.0. The quantitative estimate of drug-likeness (QED) is 0.557. The molecule has 1 rings (SSSR count). The minimum Gasteiger partial charge on any atom is -0.493 e. The van der Waals surface area contributed by atoms with E-state index in [0.29, 0.717) is 24.3 Å². The third-order valence-electron chi connectivity index (χ3n) is 3.87. The summed E-state index contributed by atoms with van der Waals surface area (Å²) >= 11 is 0. The lowest BCUT2D eigenvalue weighted by molar-refractivity contribution is -0.141. The summed E-state index contributed by atoms with van der Waals surface area (Å²) in [4.78, 5) is 11.3. The monoisotopic (exact) mass is 377 g/mol. The minimum absolute atomic E-state index is 0.0457. The van der Waals surface area contributed by atoms with Crippen LogP contribution in [0.3, 0.4) is 0 Å². The number of methoxy groups -OCH3 is 2. The Balaban J connectivity index is 0.00000277. The number of aliphatic carboxylic acids is 1. The number of ether oxygens (including phenoxy) is 2. The largest absolute Gasteiger partial charge is 0.493 e. The Morgan fingerprint density at radius 1 is 1.20 bits per heavy atom. The molecule has 0 radical (unpaired) electrons. The van der Waals surface area contributed by atoms with E-state index in [-0.39, 0.29) is 4.90 Å². The Bertz CT molecular complexity index is 646. The van der Waals surface area contributed by atoms with E-state index < -0.39 is 27.0 Å². The van der Waals surface area contributed by atoms with Crippen molar-refractivity contribution in [2.45, 2.75) is 43.3 Å². The molecule has 1 aromatic carbocycles. The molecule has 0 bridgehead atoms. The molecular weight excluding hydrogens is 350 g/mol. The number of carboxylic acid groups (broad SMARTS) is 1. The summed E-state index contributed by atoms with van der Waals surface area (Å²) in [7, 11) is -0.911. The Morgan fingerprint density at radius 3 is 2.20 bits per heavy atom. The van der Waals surface area contributed by atoms with Crippen LogP contribution >= 0.6 is 0 Å². The first-order valence-electron chi connectivity index (χ1n) is 7.74. The van der Waals surface area contributed by atoms with Crippen molar-refractivity contribution in [2.24, 2.45) is 11.8 Å². The van der Waals surface area contributed by atoms with Crippen molar-refractivity contribution >= 4 is 15.8 Å². The van der Waals surface area contributed by atoms with Crippen molar-refractivity contribution in [3.05, 3.63) is 18.2 Å². The molecule has 0 aliphatic heterocycles. The lowest BCUT2D eigenvalue weighted by Gasteiger charge is -2.21. The van der Waals surface area contributed by atoms with Crippen molar-refractivity contribution < 1.29 is 33.0 Å². The zero-order valence-electron chi connectivity index (χ0n) is 14.9. The second-order valence-corrected chi connectivity index (χ2v) is 7.54. The molecule has 9 heteroatoms. The van der Waals surface area contributed by atoms with Gasteiger partial charge >= 0.3 is 5.97 Å². The van der Waals surface area contributed by atoms with E-state index in [1.54, 1.807) is 0 Å². The number of benzene rings is 1. The highest BCUT2D eigenvalue weighted by atomic mass is 32.2. The van der Waals surface area contributed by atoms with Gasteiger partial charge in [0.05, 0.1) is 30.3 Å². The molecule has 0 amide bonds. The zero-order valence-corrected chi connectivity index (χ0v) is 15.7. The Kier molecular flexibility index (Phi) is 10.1. The maximum absolute atomic E-state index is 12.9. The highest BCUT2D eigenvalue weighted by Crippen LogP contribution is 2.33. The van der Waals surface area contributed by atoms with Crippen LogP contribution in [0.2, 0.25) is 0 Å². The van der Waals surface area contributed by atoms with Crippen LogP contribution in [0.5, 0.6) is 11.5 Å². The zero-order chi connectivity index (χ0) is 19.6. The fourth-order valence-corrected chi connectivity index (χ4v) is 4.42. The molecule has 0 saturated carbocycles. The van der Waals surface area contributed by atoms with Crippen molar-refractivity contribution in [2.75, 3.05) is 14.2 Å².